The Kier molecular flexibility index (Phi) is 9.93. The van der Waals surface area contributed by atoms with E-state index in [-0.39, 0.29) is 29.8 Å². The molecule has 4 rings (SSSR count). The molecule has 0 aliphatic carbocycles. The minimum atomic E-state index is -4.45. The van der Waals surface area contributed by atoms with Crippen LogP contribution in [0, 0.1) is 11.8 Å². The van der Waals surface area contributed by atoms with Crippen LogP contribution in [0.25, 0.3) is 10.9 Å². The van der Waals surface area contributed by atoms with Crippen LogP contribution in [0.2, 0.25) is 0 Å². The van der Waals surface area contributed by atoms with Gasteiger partial charge in [-0.15, -0.1) is 0 Å². The van der Waals surface area contributed by atoms with Gasteiger partial charge in [0.05, 0.1) is 48.2 Å². The number of sulfone groups is 1. The summed E-state index contributed by atoms with van der Waals surface area (Å²) in [6.07, 6.45) is -2.58. The first-order valence-corrected chi connectivity index (χ1v) is 15.3. The van der Waals surface area contributed by atoms with Crippen molar-refractivity contribution in [1.29, 1.82) is 0 Å². The molecular weight excluding hydrogens is 573 g/mol. The van der Waals surface area contributed by atoms with Gasteiger partial charge in [0.15, 0.2) is 9.84 Å². The molecule has 0 radical (unpaired) electrons. The Morgan fingerprint density at radius 3 is 2.52 bits per heavy atom. The molecule has 1 atom stereocenters. The molecule has 1 aromatic heterocycles. The Balaban J connectivity index is 1.53. The zero-order valence-corrected chi connectivity index (χ0v) is 24.2. The molecule has 42 heavy (non-hydrogen) atoms. The van der Waals surface area contributed by atoms with Gasteiger partial charge in [-0.25, -0.2) is 8.42 Å². The fourth-order valence-corrected chi connectivity index (χ4v) is 5.66. The number of nitrogens with zero attached hydrogens (tertiary/aromatic N) is 2. The summed E-state index contributed by atoms with van der Waals surface area (Å²) < 4.78 is 70.8. The third kappa shape index (κ3) is 8.10. The van der Waals surface area contributed by atoms with Crippen molar-refractivity contribution in [2.75, 3.05) is 56.8 Å². The average Bonchev–Trinajstić information content (AvgIpc) is 3.28. The number of alkyl halides is 3. The van der Waals surface area contributed by atoms with E-state index in [9.17, 15) is 26.7 Å². The van der Waals surface area contributed by atoms with Crippen LogP contribution in [0.3, 0.4) is 0 Å². The second-order valence-corrected chi connectivity index (χ2v) is 12.3. The smallest absolute Gasteiger partial charge is 0.406 e. The van der Waals surface area contributed by atoms with Crippen LogP contribution in [0.4, 0.5) is 24.5 Å². The molecule has 0 saturated carbocycles. The third-order valence-corrected chi connectivity index (χ3v) is 8.21. The number of likely N-dealkylation sites (tertiary alicyclic amines) is 1. The van der Waals surface area contributed by atoms with E-state index in [2.05, 4.69) is 27.4 Å². The van der Waals surface area contributed by atoms with Gasteiger partial charge in [-0.05, 0) is 49.1 Å². The van der Waals surface area contributed by atoms with Crippen molar-refractivity contribution in [3.63, 3.8) is 0 Å². The number of aliphatic hydroxyl groups excluding tert-OH is 2. The number of aliphatic hydroxyl groups is 2. The van der Waals surface area contributed by atoms with Gasteiger partial charge in [0.1, 0.15) is 12.3 Å². The van der Waals surface area contributed by atoms with Gasteiger partial charge in [-0.3, -0.25) is 0 Å². The number of nitrogens with one attached hydrogen (secondary N) is 2. The summed E-state index contributed by atoms with van der Waals surface area (Å²) >= 11 is 0. The first kappa shape index (κ1) is 31.5. The number of hydrogen-bond donors (Lipinski definition) is 4. The van der Waals surface area contributed by atoms with E-state index < -0.39 is 28.7 Å². The van der Waals surface area contributed by atoms with Crippen molar-refractivity contribution < 1.29 is 36.5 Å². The number of piperidine rings is 1. The van der Waals surface area contributed by atoms with Gasteiger partial charge >= 0.3 is 6.18 Å². The molecule has 1 saturated heterocycles. The number of β-amino-alcohol motifs (C(OH)–C–C–N with tert-alkyl or cyclic N) is 1. The number of anilines is 2. The monoisotopic (exact) mass is 608 g/mol. The lowest BCUT2D eigenvalue weighted by atomic mass is 10.0. The molecule has 9 nitrogen and oxygen atoms in total. The lowest BCUT2D eigenvalue weighted by molar-refractivity contribution is -0.140. The molecule has 2 heterocycles. The molecule has 13 heteroatoms. The molecular formula is C29H35F3N4O5S. The summed E-state index contributed by atoms with van der Waals surface area (Å²) in [5, 5.41) is 25.9. The van der Waals surface area contributed by atoms with Crippen LogP contribution in [-0.4, -0.2) is 92.6 Å². The fourth-order valence-electron chi connectivity index (χ4n) is 5.02. The van der Waals surface area contributed by atoms with Crippen molar-refractivity contribution in [2.45, 2.75) is 42.6 Å². The van der Waals surface area contributed by atoms with E-state index in [1.54, 1.807) is 24.3 Å². The van der Waals surface area contributed by atoms with Crippen molar-refractivity contribution in [3.8, 4) is 17.6 Å². The molecule has 0 amide bonds. The SMILES string of the molecule is COc1cc(S(C)(=O)=O)ccc1NCC#Cc1cc2c(NC3CCN(C[C@H](O)CO)CC3)cccc2n1CC(F)(F)F. The van der Waals surface area contributed by atoms with Gasteiger partial charge in [-0.2, -0.15) is 13.2 Å². The largest absolute Gasteiger partial charge is 0.495 e. The molecule has 0 bridgehead atoms. The number of aromatic nitrogens is 1. The van der Waals surface area contributed by atoms with Crippen molar-refractivity contribution in [2.24, 2.45) is 0 Å². The van der Waals surface area contributed by atoms with E-state index in [1.807, 2.05) is 6.07 Å². The highest BCUT2D eigenvalue weighted by molar-refractivity contribution is 7.90. The minimum absolute atomic E-state index is 0.0801. The molecule has 2 aromatic carbocycles. The predicted molar refractivity (Wildman–Crippen MR) is 156 cm³/mol. The molecule has 3 aromatic rings. The highest BCUT2D eigenvalue weighted by atomic mass is 32.2. The molecule has 1 aliphatic rings. The zero-order valence-electron chi connectivity index (χ0n) is 23.4. The minimum Gasteiger partial charge on any atom is -0.495 e. The van der Waals surface area contributed by atoms with Crippen LogP contribution >= 0.6 is 0 Å². The number of methoxy groups -OCH3 is 1. The van der Waals surface area contributed by atoms with Crippen molar-refractivity contribution in [3.05, 3.63) is 48.2 Å². The summed E-state index contributed by atoms with van der Waals surface area (Å²) in [5.74, 6) is 6.04. The molecule has 1 aliphatic heterocycles. The Morgan fingerprint density at radius 2 is 1.88 bits per heavy atom. The normalized spacial score (nSPS) is 15.7. The van der Waals surface area contributed by atoms with E-state index in [1.165, 1.54) is 19.2 Å². The van der Waals surface area contributed by atoms with Crippen molar-refractivity contribution in [1.82, 2.24) is 9.47 Å². The Bertz CT molecular complexity index is 1550. The lowest BCUT2D eigenvalue weighted by Crippen LogP contribution is -2.43. The van der Waals surface area contributed by atoms with E-state index in [0.717, 1.165) is 42.4 Å². The average molecular weight is 609 g/mol. The number of hydrogen-bond acceptors (Lipinski definition) is 8. The topological polar surface area (TPSA) is 116 Å². The van der Waals surface area contributed by atoms with Gasteiger partial charge < -0.3 is 35.1 Å². The van der Waals surface area contributed by atoms with Crippen LogP contribution in [0.1, 0.15) is 18.5 Å². The molecule has 228 valence electrons. The third-order valence-electron chi connectivity index (χ3n) is 7.09. The summed E-state index contributed by atoms with van der Waals surface area (Å²) in [4.78, 5) is 2.18. The van der Waals surface area contributed by atoms with Crippen LogP contribution in [-0.2, 0) is 16.4 Å². The van der Waals surface area contributed by atoms with Gasteiger partial charge in [0, 0.05) is 49.1 Å². The predicted octanol–water partition coefficient (Wildman–Crippen LogP) is 3.31. The highest BCUT2D eigenvalue weighted by Gasteiger charge is 2.30. The summed E-state index contributed by atoms with van der Waals surface area (Å²) in [5.41, 5.74) is 1.85. The standard InChI is InChI=1S/C29H35F3N4O5S/c1-41-28-16-23(42(2,39)40)8-9-26(28)33-12-4-5-21-15-24-25(6-3-7-27(24)36(21)19-29(30,31)32)34-20-10-13-35(14-11-20)17-22(38)18-37/h3,6-9,15-16,20,22,33-34,37-38H,10-14,17-19H2,1-2H3/t22-/m0/s1. The van der Waals surface area contributed by atoms with Gasteiger partial charge in [0.25, 0.3) is 0 Å². The number of benzene rings is 2. The number of ether oxygens (including phenoxy) is 1. The second kappa shape index (κ2) is 13.2. The summed E-state index contributed by atoms with van der Waals surface area (Å²) in [6, 6.07) is 11.3. The number of rotatable bonds is 10. The summed E-state index contributed by atoms with van der Waals surface area (Å²) in [7, 11) is -2.02. The first-order chi connectivity index (χ1) is 19.9. The van der Waals surface area contributed by atoms with Crippen molar-refractivity contribution >= 4 is 32.1 Å². The quantitative estimate of drug-likeness (QED) is 0.259. The van der Waals surface area contributed by atoms with Crippen LogP contribution < -0.4 is 15.4 Å². The van der Waals surface area contributed by atoms with Crippen LogP contribution in [0.15, 0.2) is 47.4 Å². The summed E-state index contributed by atoms with van der Waals surface area (Å²) in [6.45, 7) is 0.453. The van der Waals surface area contributed by atoms with E-state index >= 15 is 0 Å². The first-order valence-electron chi connectivity index (χ1n) is 13.5. The number of halogens is 3. The Hall–Kier alpha value is -3.44. The maximum absolute atomic E-state index is 13.6. The zero-order chi connectivity index (χ0) is 30.5. The maximum atomic E-state index is 13.6. The maximum Gasteiger partial charge on any atom is 0.406 e. The van der Waals surface area contributed by atoms with Gasteiger partial charge in [0.2, 0.25) is 0 Å². The molecule has 0 unspecified atom stereocenters. The van der Waals surface area contributed by atoms with E-state index in [4.69, 9.17) is 9.84 Å². The second-order valence-electron chi connectivity index (χ2n) is 10.3. The lowest BCUT2D eigenvalue weighted by Gasteiger charge is -2.33. The molecule has 4 N–H and O–H groups in total. The van der Waals surface area contributed by atoms with Gasteiger partial charge in [-0.1, -0.05) is 12.0 Å². The number of fused-ring (bicyclic) bond motifs is 1. The van der Waals surface area contributed by atoms with Crippen LogP contribution in [0.5, 0.6) is 5.75 Å². The Labute approximate surface area is 243 Å². The molecule has 1 fully saturated rings. The van der Waals surface area contributed by atoms with E-state index in [0.29, 0.717) is 28.9 Å². The highest BCUT2D eigenvalue weighted by Crippen LogP contribution is 2.32. The Morgan fingerprint density at radius 1 is 1.14 bits per heavy atom. The molecule has 0 spiro atoms. The fraction of sp³-hybridized carbons (Fsp3) is 0.448.